The van der Waals surface area contributed by atoms with Crippen LogP contribution in [-0.2, 0) is 0 Å². The maximum Gasteiger partial charge on any atom is 0.143 e. The molecule has 0 aliphatic rings. The second kappa shape index (κ2) is 4.37. The van der Waals surface area contributed by atoms with Crippen LogP contribution in [-0.4, -0.2) is 16.8 Å². The first-order chi connectivity index (χ1) is 6.57. The number of phenolic OH excluding ortho intramolecular Hbond substituents is 2. The Balaban J connectivity index is 3.17. The molecule has 3 N–H and O–H groups in total. The van der Waals surface area contributed by atoms with Crippen LogP contribution in [0.1, 0.15) is 5.56 Å². The van der Waals surface area contributed by atoms with Gasteiger partial charge in [0, 0.05) is 6.54 Å². The number of phenols is 2. The van der Waals surface area contributed by atoms with E-state index < -0.39 is 0 Å². The monoisotopic (exact) mass is 257 g/mol. The molecule has 0 bridgehead atoms. The molecule has 0 aromatic heterocycles. The van der Waals surface area contributed by atoms with Crippen molar-refractivity contribution in [3.63, 3.8) is 0 Å². The minimum absolute atomic E-state index is 0.104. The van der Waals surface area contributed by atoms with Crippen molar-refractivity contribution in [2.24, 2.45) is 0 Å². The summed E-state index contributed by atoms with van der Waals surface area (Å²) in [6.45, 7) is 5.80. The summed E-state index contributed by atoms with van der Waals surface area (Å²) in [5.74, 6) is 0.239. The van der Waals surface area contributed by atoms with Gasteiger partial charge in [-0.2, -0.15) is 0 Å². The predicted molar refractivity (Wildman–Crippen MR) is 60.9 cm³/mol. The number of halogens is 1. The van der Waals surface area contributed by atoms with E-state index in [4.69, 9.17) is 0 Å². The van der Waals surface area contributed by atoms with Crippen molar-refractivity contribution in [2.45, 2.75) is 6.92 Å². The number of benzene rings is 1. The number of hydrogen-bond donors (Lipinski definition) is 3. The van der Waals surface area contributed by atoms with Gasteiger partial charge in [0.2, 0.25) is 0 Å². The fourth-order valence-corrected chi connectivity index (χ4v) is 1.54. The van der Waals surface area contributed by atoms with Crippen LogP contribution in [0, 0.1) is 6.92 Å². The number of aryl methyl sites for hydroxylation is 1. The molecular weight excluding hydrogens is 246 g/mol. The average Bonchev–Trinajstić information content (AvgIpc) is 2.15. The van der Waals surface area contributed by atoms with Crippen LogP contribution in [0.4, 0.5) is 5.69 Å². The van der Waals surface area contributed by atoms with E-state index in [9.17, 15) is 10.2 Å². The Bertz CT molecular complexity index is 337. The zero-order valence-electron chi connectivity index (χ0n) is 7.84. The topological polar surface area (TPSA) is 52.5 Å². The molecule has 1 aromatic carbocycles. The molecule has 0 atom stereocenters. The zero-order chi connectivity index (χ0) is 10.7. The van der Waals surface area contributed by atoms with Crippen molar-refractivity contribution in [1.29, 1.82) is 0 Å². The van der Waals surface area contributed by atoms with Crippen LogP contribution in [0.2, 0.25) is 0 Å². The van der Waals surface area contributed by atoms with E-state index in [2.05, 4.69) is 27.8 Å². The lowest BCUT2D eigenvalue weighted by atomic mass is 10.2. The van der Waals surface area contributed by atoms with E-state index in [0.29, 0.717) is 22.3 Å². The lowest BCUT2D eigenvalue weighted by Crippen LogP contribution is -1.99. The Morgan fingerprint density at radius 3 is 2.79 bits per heavy atom. The summed E-state index contributed by atoms with van der Waals surface area (Å²) in [4.78, 5) is 0. The molecule has 0 aliphatic carbocycles. The molecule has 0 unspecified atom stereocenters. The fourth-order valence-electron chi connectivity index (χ4n) is 1.10. The van der Waals surface area contributed by atoms with Crippen LogP contribution >= 0.6 is 15.9 Å². The standard InChI is InChI=1S/C10H12BrNO2/c1-3-4-12-9-8(11)7(13)5-6(2)10(9)14/h3,5,12-14H,1,4H2,2H3. The molecule has 0 fully saturated rings. The molecule has 0 heterocycles. The van der Waals surface area contributed by atoms with Crippen molar-refractivity contribution in [1.82, 2.24) is 0 Å². The van der Waals surface area contributed by atoms with Crippen molar-refractivity contribution in [2.75, 3.05) is 11.9 Å². The first-order valence-corrected chi connectivity index (χ1v) is 4.93. The van der Waals surface area contributed by atoms with E-state index >= 15 is 0 Å². The first-order valence-electron chi connectivity index (χ1n) is 4.13. The quantitative estimate of drug-likeness (QED) is 0.444. The highest BCUT2D eigenvalue weighted by molar-refractivity contribution is 9.10. The highest BCUT2D eigenvalue weighted by Crippen LogP contribution is 2.40. The Kier molecular flexibility index (Phi) is 3.41. The zero-order valence-corrected chi connectivity index (χ0v) is 9.43. The Morgan fingerprint density at radius 2 is 2.21 bits per heavy atom. The minimum Gasteiger partial charge on any atom is -0.507 e. The number of rotatable bonds is 3. The second-order valence-corrected chi connectivity index (χ2v) is 3.71. The van der Waals surface area contributed by atoms with E-state index in [1.807, 2.05) is 0 Å². The molecule has 3 nitrogen and oxygen atoms in total. The molecule has 0 saturated carbocycles. The lowest BCUT2D eigenvalue weighted by molar-refractivity contribution is 0.456. The van der Waals surface area contributed by atoms with Crippen molar-refractivity contribution >= 4 is 21.6 Å². The number of aromatic hydroxyl groups is 2. The molecular formula is C10H12BrNO2. The maximum atomic E-state index is 9.69. The molecule has 4 heteroatoms. The Labute approximate surface area is 91.2 Å². The third-order valence-electron chi connectivity index (χ3n) is 1.83. The van der Waals surface area contributed by atoms with Crippen molar-refractivity contribution in [3.05, 3.63) is 28.8 Å². The number of nitrogens with one attached hydrogen (secondary N) is 1. The predicted octanol–water partition coefficient (Wildman–Crippen LogP) is 2.77. The summed E-state index contributed by atoms with van der Waals surface area (Å²) in [5, 5.41) is 22.1. The van der Waals surface area contributed by atoms with Gasteiger partial charge in [-0.3, -0.25) is 0 Å². The smallest absolute Gasteiger partial charge is 0.143 e. The molecule has 0 spiro atoms. The van der Waals surface area contributed by atoms with Gasteiger partial charge in [-0.1, -0.05) is 6.08 Å². The number of hydrogen-bond acceptors (Lipinski definition) is 3. The molecule has 1 rings (SSSR count). The van der Waals surface area contributed by atoms with Gasteiger partial charge in [-0.15, -0.1) is 6.58 Å². The molecule has 14 heavy (non-hydrogen) atoms. The third-order valence-corrected chi connectivity index (χ3v) is 2.63. The van der Waals surface area contributed by atoms with Crippen LogP contribution in [0.3, 0.4) is 0 Å². The summed E-state index contributed by atoms with van der Waals surface area (Å²) in [7, 11) is 0. The van der Waals surface area contributed by atoms with Crippen molar-refractivity contribution in [3.8, 4) is 11.5 Å². The van der Waals surface area contributed by atoms with Crippen LogP contribution < -0.4 is 5.32 Å². The van der Waals surface area contributed by atoms with Crippen LogP contribution in [0.15, 0.2) is 23.2 Å². The van der Waals surface area contributed by atoms with Gasteiger partial charge in [0.25, 0.3) is 0 Å². The van der Waals surface area contributed by atoms with Crippen LogP contribution in [0.5, 0.6) is 11.5 Å². The van der Waals surface area contributed by atoms with Gasteiger partial charge < -0.3 is 15.5 Å². The SMILES string of the molecule is C=CCNc1c(O)c(C)cc(O)c1Br. The third kappa shape index (κ3) is 2.01. The van der Waals surface area contributed by atoms with E-state index in [1.165, 1.54) is 6.07 Å². The summed E-state index contributed by atoms with van der Waals surface area (Å²) < 4.78 is 0.461. The second-order valence-electron chi connectivity index (χ2n) is 2.92. The molecule has 0 aliphatic heterocycles. The lowest BCUT2D eigenvalue weighted by Gasteiger charge is -2.12. The van der Waals surface area contributed by atoms with Gasteiger partial charge >= 0.3 is 0 Å². The molecule has 0 saturated heterocycles. The summed E-state index contributed by atoms with van der Waals surface area (Å²) >= 11 is 3.19. The van der Waals surface area contributed by atoms with Crippen LogP contribution in [0.25, 0.3) is 0 Å². The molecule has 0 amide bonds. The van der Waals surface area contributed by atoms with Gasteiger partial charge in [0.1, 0.15) is 11.5 Å². The van der Waals surface area contributed by atoms with E-state index in [1.54, 1.807) is 13.0 Å². The van der Waals surface area contributed by atoms with Crippen molar-refractivity contribution < 1.29 is 10.2 Å². The van der Waals surface area contributed by atoms with Gasteiger partial charge in [-0.25, -0.2) is 0 Å². The van der Waals surface area contributed by atoms with E-state index in [-0.39, 0.29) is 11.5 Å². The average molecular weight is 258 g/mol. The fraction of sp³-hybridized carbons (Fsp3) is 0.200. The highest BCUT2D eigenvalue weighted by Gasteiger charge is 2.12. The Hall–Kier alpha value is -1.16. The first kappa shape index (κ1) is 10.9. The van der Waals surface area contributed by atoms with E-state index in [0.717, 1.165) is 0 Å². The normalized spacial score (nSPS) is 9.86. The minimum atomic E-state index is 0.104. The largest absolute Gasteiger partial charge is 0.507 e. The van der Waals surface area contributed by atoms with Gasteiger partial charge in [0.05, 0.1) is 10.2 Å². The van der Waals surface area contributed by atoms with Gasteiger partial charge in [0.15, 0.2) is 0 Å². The molecule has 76 valence electrons. The summed E-state index contributed by atoms with van der Waals surface area (Å²) in [5.41, 5.74) is 1.11. The molecule has 1 aromatic rings. The molecule has 0 radical (unpaired) electrons. The Morgan fingerprint density at radius 1 is 1.57 bits per heavy atom. The summed E-state index contributed by atoms with van der Waals surface area (Å²) in [6, 6.07) is 1.50. The maximum absolute atomic E-state index is 9.69. The van der Waals surface area contributed by atoms with Gasteiger partial charge in [-0.05, 0) is 34.5 Å². The number of anilines is 1. The highest BCUT2D eigenvalue weighted by atomic mass is 79.9. The summed E-state index contributed by atoms with van der Waals surface area (Å²) in [6.07, 6.45) is 1.67.